The molecule has 0 unspecified atom stereocenters. The Balaban J connectivity index is 1.53. The van der Waals surface area contributed by atoms with Crippen LogP contribution in [-0.4, -0.2) is 44.7 Å². The van der Waals surface area contributed by atoms with Crippen LogP contribution in [-0.2, 0) is 6.54 Å². The highest BCUT2D eigenvalue weighted by Gasteiger charge is 2.24. The maximum absolute atomic E-state index is 13.0. The van der Waals surface area contributed by atoms with Gasteiger partial charge in [-0.3, -0.25) is 9.48 Å². The van der Waals surface area contributed by atoms with E-state index >= 15 is 0 Å². The molecule has 0 saturated carbocycles. The second-order valence-electron chi connectivity index (χ2n) is 7.68. The average molecular weight is 419 g/mol. The Labute approximate surface area is 181 Å². The summed E-state index contributed by atoms with van der Waals surface area (Å²) < 4.78 is 1.67. The van der Waals surface area contributed by atoms with Gasteiger partial charge in [0.05, 0.1) is 23.8 Å². The van der Waals surface area contributed by atoms with Crippen LogP contribution in [0.1, 0.15) is 40.4 Å². The molecule has 2 aromatic carbocycles. The van der Waals surface area contributed by atoms with Gasteiger partial charge in [0, 0.05) is 13.1 Å². The van der Waals surface area contributed by atoms with Crippen molar-refractivity contribution in [3.8, 4) is 0 Å². The second-order valence-corrected chi connectivity index (χ2v) is 7.68. The zero-order chi connectivity index (χ0) is 21.6. The smallest absolute Gasteiger partial charge is 0.319 e. The fourth-order valence-corrected chi connectivity index (χ4v) is 3.84. The monoisotopic (exact) mass is 418 g/mol. The van der Waals surface area contributed by atoms with E-state index in [9.17, 15) is 9.59 Å². The van der Waals surface area contributed by atoms with Crippen LogP contribution in [0, 0.1) is 6.92 Å². The number of nitrogens with zero attached hydrogens (tertiary/aromatic N) is 4. The number of anilines is 1. The lowest BCUT2D eigenvalue weighted by molar-refractivity contribution is 0.0793. The van der Waals surface area contributed by atoms with Crippen molar-refractivity contribution in [1.82, 2.24) is 25.0 Å². The summed E-state index contributed by atoms with van der Waals surface area (Å²) in [7, 11) is 0. The third-order valence-electron chi connectivity index (χ3n) is 5.48. The Bertz CT molecular complexity index is 1030. The lowest BCUT2D eigenvalue weighted by Crippen LogP contribution is -2.36. The Hall–Kier alpha value is -3.68. The lowest BCUT2D eigenvalue weighted by Gasteiger charge is -2.22. The van der Waals surface area contributed by atoms with E-state index in [1.165, 1.54) is 6.33 Å². The largest absolute Gasteiger partial charge is 0.339 e. The van der Waals surface area contributed by atoms with Crippen LogP contribution in [0.3, 0.4) is 0 Å². The predicted octanol–water partition coefficient (Wildman–Crippen LogP) is 3.39. The van der Waals surface area contributed by atoms with Crippen LogP contribution in [0.5, 0.6) is 0 Å². The number of urea groups is 1. The topological polar surface area (TPSA) is 92.2 Å². The Morgan fingerprint density at radius 1 is 1.06 bits per heavy atom. The summed E-state index contributed by atoms with van der Waals surface area (Å²) in [5.74, 6) is -0.0428. The molecule has 1 fully saturated rings. The molecule has 0 aliphatic carbocycles. The molecule has 0 bridgehead atoms. The van der Waals surface area contributed by atoms with Crippen LogP contribution in [0.2, 0.25) is 0 Å². The number of benzene rings is 2. The molecule has 3 amide bonds. The third kappa shape index (κ3) is 4.91. The minimum absolute atomic E-state index is 0.0428. The number of amides is 3. The average Bonchev–Trinajstić information content (AvgIpc) is 3.49. The summed E-state index contributed by atoms with van der Waals surface area (Å²) in [6.07, 6.45) is 5.11. The van der Waals surface area contributed by atoms with Crippen molar-refractivity contribution < 1.29 is 9.59 Å². The number of para-hydroxylation sites is 1. The molecule has 1 saturated heterocycles. The van der Waals surface area contributed by atoms with E-state index in [4.69, 9.17) is 0 Å². The van der Waals surface area contributed by atoms with Crippen LogP contribution >= 0.6 is 0 Å². The summed E-state index contributed by atoms with van der Waals surface area (Å²) >= 11 is 0. The van der Waals surface area contributed by atoms with Crippen molar-refractivity contribution >= 4 is 17.6 Å². The minimum atomic E-state index is -0.376. The van der Waals surface area contributed by atoms with Crippen molar-refractivity contribution in [1.29, 1.82) is 0 Å². The van der Waals surface area contributed by atoms with Gasteiger partial charge >= 0.3 is 6.03 Å². The summed E-state index contributed by atoms with van der Waals surface area (Å²) in [6, 6.07) is 14.5. The Kier molecular flexibility index (Phi) is 6.26. The number of rotatable bonds is 6. The van der Waals surface area contributed by atoms with Gasteiger partial charge in [0.1, 0.15) is 12.7 Å². The molecule has 1 aliphatic heterocycles. The van der Waals surface area contributed by atoms with Gasteiger partial charge in [-0.05, 0) is 37.0 Å². The number of hydrogen-bond donors (Lipinski definition) is 2. The summed E-state index contributed by atoms with van der Waals surface area (Å²) in [6.45, 7) is 3.84. The number of nitrogens with one attached hydrogen (secondary N) is 2. The standard InChI is InChI=1S/C23H26N6O2/c1-17-8-7-11-19(22(30)28-12-5-6-13-28)21(17)27-23(31)26-20(14-29-16-24-15-25-29)18-9-3-2-4-10-18/h2-4,7-11,15-16,20H,5-6,12-14H2,1H3,(H2,26,27,31)/t20-/m1/s1. The van der Waals surface area contributed by atoms with Gasteiger partial charge < -0.3 is 15.5 Å². The molecule has 0 spiro atoms. The van der Waals surface area contributed by atoms with Gasteiger partial charge in [0.15, 0.2) is 0 Å². The SMILES string of the molecule is Cc1cccc(C(=O)N2CCCC2)c1NC(=O)N[C@H](Cn1cncn1)c1ccccc1. The van der Waals surface area contributed by atoms with Gasteiger partial charge in [-0.15, -0.1) is 0 Å². The number of aryl methyl sites for hydroxylation is 1. The van der Waals surface area contributed by atoms with Gasteiger partial charge in [-0.25, -0.2) is 9.78 Å². The normalized spacial score (nSPS) is 14.3. The van der Waals surface area contributed by atoms with Crippen molar-refractivity contribution in [2.75, 3.05) is 18.4 Å². The molecule has 1 aliphatic rings. The van der Waals surface area contributed by atoms with Crippen LogP contribution < -0.4 is 10.6 Å². The predicted molar refractivity (Wildman–Crippen MR) is 118 cm³/mol. The first kappa shape index (κ1) is 20.6. The molecular formula is C23H26N6O2. The van der Waals surface area contributed by atoms with Crippen molar-refractivity contribution in [2.24, 2.45) is 0 Å². The van der Waals surface area contributed by atoms with Crippen molar-refractivity contribution in [2.45, 2.75) is 32.4 Å². The zero-order valence-corrected chi connectivity index (χ0v) is 17.5. The first-order valence-corrected chi connectivity index (χ1v) is 10.5. The van der Waals surface area contributed by atoms with E-state index in [0.717, 1.165) is 37.1 Å². The molecule has 1 aromatic heterocycles. The number of likely N-dealkylation sites (tertiary alicyclic amines) is 1. The van der Waals surface area contributed by atoms with E-state index in [0.29, 0.717) is 17.8 Å². The van der Waals surface area contributed by atoms with E-state index < -0.39 is 0 Å². The third-order valence-corrected chi connectivity index (χ3v) is 5.48. The van der Waals surface area contributed by atoms with E-state index in [1.807, 2.05) is 54.3 Å². The highest BCUT2D eigenvalue weighted by molar-refractivity contribution is 6.04. The number of aromatic nitrogens is 3. The zero-order valence-electron chi connectivity index (χ0n) is 17.5. The molecule has 2 heterocycles. The fourth-order valence-electron chi connectivity index (χ4n) is 3.84. The summed E-state index contributed by atoms with van der Waals surface area (Å²) in [4.78, 5) is 31.8. The molecule has 3 aromatic rings. The van der Waals surface area contributed by atoms with E-state index in [2.05, 4.69) is 20.7 Å². The molecule has 8 nitrogen and oxygen atoms in total. The first-order valence-electron chi connectivity index (χ1n) is 10.5. The Morgan fingerprint density at radius 2 is 1.84 bits per heavy atom. The van der Waals surface area contributed by atoms with E-state index in [-0.39, 0.29) is 18.0 Å². The number of carbonyl (C=O) groups is 2. The fraction of sp³-hybridized carbons (Fsp3) is 0.304. The van der Waals surface area contributed by atoms with Gasteiger partial charge in [0.2, 0.25) is 0 Å². The summed E-state index contributed by atoms with van der Waals surface area (Å²) in [5, 5.41) is 10.1. The minimum Gasteiger partial charge on any atom is -0.339 e. The molecule has 1 atom stereocenters. The van der Waals surface area contributed by atoms with Crippen molar-refractivity contribution in [3.63, 3.8) is 0 Å². The molecule has 2 N–H and O–H groups in total. The second kappa shape index (κ2) is 9.42. The number of hydrogen-bond acceptors (Lipinski definition) is 4. The summed E-state index contributed by atoms with van der Waals surface area (Å²) in [5.41, 5.74) is 2.85. The maximum atomic E-state index is 13.0. The highest BCUT2D eigenvalue weighted by atomic mass is 16.2. The quantitative estimate of drug-likeness (QED) is 0.642. The van der Waals surface area contributed by atoms with Crippen LogP contribution in [0.4, 0.5) is 10.5 Å². The molecule has 8 heteroatoms. The first-order chi connectivity index (χ1) is 15.1. The van der Waals surface area contributed by atoms with Gasteiger partial charge in [0.25, 0.3) is 5.91 Å². The molecular weight excluding hydrogens is 392 g/mol. The Morgan fingerprint density at radius 3 is 2.55 bits per heavy atom. The van der Waals surface area contributed by atoms with Crippen LogP contribution in [0.25, 0.3) is 0 Å². The van der Waals surface area contributed by atoms with Crippen molar-refractivity contribution in [3.05, 3.63) is 77.9 Å². The molecule has 31 heavy (non-hydrogen) atoms. The lowest BCUT2D eigenvalue weighted by atomic mass is 10.1. The molecule has 0 radical (unpaired) electrons. The highest BCUT2D eigenvalue weighted by Crippen LogP contribution is 2.24. The maximum Gasteiger partial charge on any atom is 0.319 e. The molecule has 160 valence electrons. The number of carbonyl (C=O) groups excluding carboxylic acids is 2. The van der Waals surface area contributed by atoms with Gasteiger partial charge in [-0.2, -0.15) is 5.10 Å². The van der Waals surface area contributed by atoms with E-state index in [1.54, 1.807) is 17.1 Å². The van der Waals surface area contributed by atoms with Gasteiger partial charge in [-0.1, -0.05) is 42.5 Å². The molecule has 4 rings (SSSR count). The van der Waals surface area contributed by atoms with Crippen LogP contribution in [0.15, 0.2) is 61.2 Å².